The van der Waals surface area contributed by atoms with Crippen molar-refractivity contribution < 1.29 is 21.6 Å². The molecule has 0 bridgehead atoms. The molecular formula is C14H21NO5S2. The number of rotatable bonds is 4. The van der Waals surface area contributed by atoms with E-state index in [2.05, 4.69) is 4.72 Å². The second-order valence-electron chi connectivity index (χ2n) is 5.70. The summed E-state index contributed by atoms with van der Waals surface area (Å²) in [6.45, 7) is 5.31. The predicted molar refractivity (Wildman–Crippen MR) is 84.6 cm³/mol. The lowest BCUT2D eigenvalue weighted by molar-refractivity contribution is 0.407. The van der Waals surface area contributed by atoms with E-state index < -0.39 is 25.9 Å². The van der Waals surface area contributed by atoms with Gasteiger partial charge in [-0.1, -0.05) is 0 Å². The Morgan fingerprint density at radius 1 is 1.23 bits per heavy atom. The Kier molecular flexibility index (Phi) is 4.56. The van der Waals surface area contributed by atoms with Crippen LogP contribution in [0.1, 0.15) is 23.1 Å². The average Bonchev–Trinajstić information content (AvgIpc) is 2.72. The standard InChI is InChI=1S/C14H21NO5S2/c1-9-7-13(10(2)11(3)14(9)20-4)22(18,19)15-12-5-6-21(16,17)8-12/h7,12,15H,5-6,8H2,1-4H3. The van der Waals surface area contributed by atoms with Crippen LogP contribution in [0.15, 0.2) is 11.0 Å². The molecule has 1 aliphatic heterocycles. The highest BCUT2D eigenvalue weighted by Gasteiger charge is 2.32. The van der Waals surface area contributed by atoms with E-state index in [-0.39, 0.29) is 16.4 Å². The predicted octanol–water partition coefficient (Wildman–Crippen LogP) is 1.09. The molecule has 0 amide bonds. The van der Waals surface area contributed by atoms with Crippen molar-refractivity contribution in [3.05, 3.63) is 22.8 Å². The van der Waals surface area contributed by atoms with Crippen molar-refractivity contribution in [2.45, 2.75) is 38.1 Å². The zero-order valence-corrected chi connectivity index (χ0v) is 14.8. The fraction of sp³-hybridized carbons (Fsp3) is 0.571. The van der Waals surface area contributed by atoms with E-state index in [1.807, 2.05) is 0 Å². The van der Waals surface area contributed by atoms with Gasteiger partial charge in [-0.05, 0) is 49.9 Å². The van der Waals surface area contributed by atoms with Gasteiger partial charge < -0.3 is 4.74 Å². The number of nitrogens with one attached hydrogen (secondary N) is 1. The summed E-state index contributed by atoms with van der Waals surface area (Å²) in [5.74, 6) is 0.555. The second-order valence-corrected chi connectivity index (χ2v) is 9.61. The van der Waals surface area contributed by atoms with Crippen molar-refractivity contribution in [1.82, 2.24) is 4.72 Å². The van der Waals surface area contributed by atoms with E-state index in [1.54, 1.807) is 33.9 Å². The molecule has 0 radical (unpaired) electrons. The first-order valence-corrected chi connectivity index (χ1v) is 10.3. The maximum absolute atomic E-state index is 12.6. The normalized spacial score (nSPS) is 21.0. The molecule has 0 spiro atoms. The Morgan fingerprint density at radius 3 is 2.36 bits per heavy atom. The van der Waals surface area contributed by atoms with Gasteiger partial charge in [0.25, 0.3) is 0 Å². The van der Waals surface area contributed by atoms with E-state index >= 15 is 0 Å². The second kappa shape index (κ2) is 5.82. The Balaban J connectivity index is 2.39. The van der Waals surface area contributed by atoms with Gasteiger partial charge in [0, 0.05) is 6.04 Å². The molecular weight excluding hydrogens is 326 g/mol. The number of aryl methyl sites for hydroxylation is 1. The highest BCUT2D eigenvalue weighted by atomic mass is 32.2. The minimum atomic E-state index is -3.76. The third-order valence-corrected chi connectivity index (χ3v) is 7.44. The van der Waals surface area contributed by atoms with Crippen LogP contribution in [-0.2, 0) is 19.9 Å². The van der Waals surface area contributed by atoms with Crippen LogP contribution < -0.4 is 9.46 Å². The lowest BCUT2D eigenvalue weighted by Gasteiger charge is -2.18. The van der Waals surface area contributed by atoms with Crippen molar-refractivity contribution in [2.24, 2.45) is 0 Å². The molecule has 0 aliphatic carbocycles. The molecule has 22 heavy (non-hydrogen) atoms. The van der Waals surface area contributed by atoms with Crippen LogP contribution >= 0.6 is 0 Å². The fourth-order valence-corrected chi connectivity index (χ4v) is 6.22. The van der Waals surface area contributed by atoms with Gasteiger partial charge in [0.2, 0.25) is 10.0 Å². The average molecular weight is 347 g/mol. The molecule has 0 saturated carbocycles. The molecule has 2 rings (SSSR count). The highest BCUT2D eigenvalue weighted by molar-refractivity contribution is 7.92. The smallest absolute Gasteiger partial charge is 0.241 e. The van der Waals surface area contributed by atoms with E-state index in [9.17, 15) is 16.8 Å². The van der Waals surface area contributed by atoms with Gasteiger partial charge in [-0.15, -0.1) is 0 Å². The quantitative estimate of drug-likeness (QED) is 0.880. The third-order valence-electron chi connectivity index (χ3n) is 4.03. The molecule has 1 N–H and O–H groups in total. The van der Waals surface area contributed by atoms with Gasteiger partial charge in [0.15, 0.2) is 9.84 Å². The van der Waals surface area contributed by atoms with E-state index in [4.69, 9.17) is 4.74 Å². The van der Waals surface area contributed by atoms with Crippen LogP contribution in [0.3, 0.4) is 0 Å². The topological polar surface area (TPSA) is 89.5 Å². The van der Waals surface area contributed by atoms with Crippen molar-refractivity contribution in [2.75, 3.05) is 18.6 Å². The van der Waals surface area contributed by atoms with Gasteiger partial charge in [-0.2, -0.15) is 0 Å². The van der Waals surface area contributed by atoms with E-state index in [0.717, 1.165) is 11.1 Å². The summed E-state index contributed by atoms with van der Waals surface area (Å²) in [5.41, 5.74) is 2.10. The number of sulfonamides is 1. The van der Waals surface area contributed by atoms with Gasteiger partial charge >= 0.3 is 0 Å². The fourth-order valence-electron chi connectivity index (χ4n) is 2.79. The molecule has 0 aromatic heterocycles. The summed E-state index contributed by atoms with van der Waals surface area (Å²) in [6, 6.07) is 1.00. The SMILES string of the molecule is COc1c(C)cc(S(=O)(=O)NC2CCS(=O)(=O)C2)c(C)c1C. The van der Waals surface area contributed by atoms with Gasteiger partial charge in [-0.25, -0.2) is 21.6 Å². The van der Waals surface area contributed by atoms with Gasteiger partial charge in [0.1, 0.15) is 5.75 Å². The minimum Gasteiger partial charge on any atom is -0.496 e. The minimum absolute atomic E-state index is 0.0276. The van der Waals surface area contributed by atoms with Crippen LogP contribution in [0.4, 0.5) is 0 Å². The lowest BCUT2D eigenvalue weighted by Crippen LogP contribution is -2.36. The highest BCUT2D eigenvalue weighted by Crippen LogP contribution is 2.31. The summed E-state index contributed by atoms with van der Waals surface area (Å²) in [5, 5.41) is 0. The van der Waals surface area contributed by atoms with Crippen LogP contribution in [0, 0.1) is 20.8 Å². The summed E-state index contributed by atoms with van der Waals surface area (Å²) in [4.78, 5) is 0.174. The molecule has 1 aromatic carbocycles. The summed E-state index contributed by atoms with van der Waals surface area (Å²) in [6.07, 6.45) is 0.314. The van der Waals surface area contributed by atoms with Crippen LogP contribution in [0.5, 0.6) is 5.75 Å². The zero-order valence-electron chi connectivity index (χ0n) is 13.1. The first-order chi connectivity index (χ1) is 10.1. The van der Waals surface area contributed by atoms with Crippen molar-refractivity contribution >= 4 is 19.9 Å². The summed E-state index contributed by atoms with van der Waals surface area (Å²) < 4.78 is 55.9. The number of methoxy groups -OCH3 is 1. The molecule has 1 atom stereocenters. The third kappa shape index (κ3) is 3.28. The lowest BCUT2D eigenvalue weighted by atomic mass is 10.1. The maximum Gasteiger partial charge on any atom is 0.241 e. The molecule has 1 fully saturated rings. The Bertz CT molecular complexity index is 797. The Morgan fingerprint density at radius 2 is 1.86 bits per heavy atom. The van der Waals surface area contributed by atoms with Crippen LogP contribution in [0.25, 0.3) is 0 Å². The molecule has 6 nitrogen and oxygen atoms in total. The first kappa shape index (κ1) is 17.2. The first-order valence-electron chi connectivity index (χ1n) is 6.95. The number of benzene rings is 1. The number of ether oxygens (including phenoxy) is 1. The van der Waals surface area contributed by atoms with E-state index in [0.29, 0.717) is 17.7 Å². The number of sulfone groups is 1. The Labute approximate surface area is 131 Å². The molecule has 1 aliphatic rings. The van der Waals surface area contributed by atoms with Gasteiger partial charge in [-0.3, -0.25) is 0 Å². The molecule has 1 aromatic rings. The zero-order chi connectivity index (χ0) is 16.7. The Hall–Kier alpha value is -1.12. The number of hydrogen-bond donors (Lipinski definition) is 1. The van der Waals surface area contributed by atoms with Crippen molar-refractivity contribution in [3.8, 4) is 5.75 Å². The largest absolute Gasteiger partial charge is 0.496 e. The van der Waals surface area contributed by atoms with E-state index in [1.165, 1.54) is 0 Å². The molecule has 8 heteroatoms. The molecule has 1 unspecified atom stereocenters. The van der Waals surface area contributed by atoms with Crippen LogP contribution in [0.2, 0.25) is 0 Å². The summed E-state index contributed by atoms with van der Waals surface area (Å²) in [7, 11) is -5.35. The molecule has 1 heterocycles. The summed E-state index contributed by atoms with van der Waals surface area (Å²) >= 11 is 0. The monoisotopic (exact) mass is 347 g/mol. The molecule has 1 saturated heterocycles. The van der Waals surface area contributed by atoms with Crippen molar-refractivity contribution in [3.63, 3.8) is 0 Å². The van der Waals surface area contributed by atoms with Crippen molar-refractivity contribution in [1.29, 1.82) is 0 Å². The maximum atomic E-state index is 12.6. The van der Waals surface area contributed by atoms with Crippen LogP contribution in [-0.4, -0.2) is 41.5 Å². The number of hydrogen-bond acceptors (Lipinski definition) is 5. The molecule has 124 valence electrons. The van der Waals surface area contributed by atoms with Gasteiger partial charge in [0.05, 0.1) is 23.5 Å².